The summed E-state index contributed by atoms with van der Waals surface area (Å²) in [5.74, 6) is 0. The molecule has 1 N–H and O–H groups in total. The standard InChI is InChI=1S/3CH3.In.HN3/c;;;;1-3-2/h3*1H3;;1H. The van der Waals surface area contributed by atoms with Crippen molar-refractivity contribution in [1.29, 1.82) is 5.53 Å². The van der Waals surface area contributed by atoms with Crippen LogP contribution in [0.3, 0.4) is 0 Å². The Bertz CT molecular complexity index is 52.4. The van der Waals surface area contributed by atoms with Gasteiger partial charge in [0.25, 0.3) is 0 Å². The van der Waals surface area contributed by atoms with Gasteiger partial charge in [-0.25, -0.2) is 0 Å². The third-order valence-electron chi connectivity index (χ3n) is 0. The van der Waals surface area contributed by atoms with Crippen molar-refractivity contribution in [3.05, 3.63) is 10.4 Å². The Kier molecular flexibility index (Phi) is 13.9. The maximum absolute atomic E-state index is 6.86. The van der Waals surface area contributed by atoms with E-state index in [0.29, 0.717) is 0 Å². The Balaban J connectivity index is 0. The van der Waals surface area contributed by atoms with Crippen LogP contribution in [0.4, 0.5) is 0 Å². The molecule has 0 amide bonds. The van der Waals surface area contributed by atoms with Gasteiger partial charge in [-0.05, 0) is 10.4 Å². The molecule has 0 spiro atoms. The summed E-state index contributed by atoms with van der Waals surface area (Å²) in [5, 5.41) is 0. The number of nitrogens with one attached hydrogen (secondary N) is 1. The van der Waals surface area contributed by atoms with Gasteiger partial charge in [0, 0.05) is 0 Å². The van der Waals surface area contributed by atoms with Crippen molar-refractivity contribution in [3.8, 4) is 0 Å². The zero-order valence-corrected chi connectivity index (χ0v) is 8.27. The van der Waals surface area contributed by atoms with E-state index in [-0.39, 0.29) is 0 Å². The van der Waals surface area contributed by atoms with E-state index in [1.807, 2.05) is 0 Å². The first kappa shape index (κ1) is 10.2. The molecule has 0 unspecified atom stereocenters. The first-order chi connectivity index (χ1) is 3.15. The van der Waals surface area contributed by atoms with E-state index in [9.17, 15) is 0 Å². The van der Waals surface area contributed by atoms with E-state index in [0.717, 1.165) is 0 Å². The molecule has 0 aliphatic carbocycles. The van der Waals surface area contributed by atoms with Crippen LogP contribution in [0.1, 0.15) is 0 Å². The van der Waals surface area contributed by atoms with Crippen molar-refractivity contribution >= 4 is 21.4 Å². The van der Waals surface area contributed by atoms with Gasteiger partial charge in [0.15, 0.2) is 0 Å². The Morgan fingerprint density at radius 1 is 1.43 bits per heavy atom. The van der Waals surface area contributed by atoms with E-state index in [1.54, 1.807) is 4.91 Å². The maximum Gasteiger partial charge on any atom is -0.00208 e. The van der Waals surface area contributed by atoms with Gasteiger partial charge >= 0.3 is 35.5 Å². The minimum absolute atomic E-state index is 0.637. The summed E-state index contributed by atoms with van der Waals surface area (Å²) in [6, 6.07) is 0. The van der Waals surface area contributed by atoms with Gasteiger partial charge < -0.3 is 0 Å². The van der Waals surface area contributed by atoms with Crippen LogP contribution in [-0.2, 0) is 0 Å². The van der Waals surface area contributed by atoms with Gasteiger partial charge in [0.1, 0.15) is 0 Å². The molecular weight excluding hydrogens is 193 g/mol. The van der Waals surface area contributed by atoms with E-state index >= 15 is 0 Å². The van der Waals surface area contributed by atoms with Crippen LogP contribution < -0.4 is 0 Å². The Morgan fingerprint density at radius 3 is 1.43 bits per heavy atom. The zero-order chi connectivity index (χ0) is 6.28. The minimum atomic E-state index is -0.637. The molecule has 0 aromatic heterocycles. The smallest absolute Gasteiger partial charge is 0.00208 e. The average Bonchev–Trinajstić information content (AvgIpc) is 1.33. The molecule has 0 rings (SSSR count). The van der Waals surface area contributed by atoms with Gasteiger partial charge in [0.05, 0.1) is 0 Å². The molecule has 0 saturated heterocycles. The van der Waals surface area contributed by atoms with Gasteiger partial charge in [-0.2, -0.15) is 0 Å². The topological polar surface area (TPSA) is 60.3 Å². The summed E-state index contributed by atoms with van der Waals surface area (Å²) >= 11 is -0.637. The minimum Gasteiger partial charge on any atom is -0.108 e. The molecule has 0 aromatic rings. The van der Waals surface area contributed by atoms with E-state index in [1.165, 1.54) is 0 Å². The molecule has 40 valence electrons. The summed E-state index contributed by atoms with van der Waals surface area (Å²) in [7, 11) is 0. The summed E-state index contributed by atoms with van der Waals surface area (Å²) in [4.78, 5) is 1.75. The Morgan fingerprint density at radius 2 is 1.43 bits per heavy atom. The fourth-order valence-corrected chi connectivity index (χ4v) is 0. The van der Waals surface area contributed by atoms with Crippen LogP contribution in [0.25, 0.3) is 10.4 Å². The second-order valence-electron chi connectivity index (χ2n) is 1.83. The zero-order valence-electron chi connectivity index (χ0n) is 4.97. The van der Waals surface area contributed by atoms with Crippen molar-refractivity contribution in [2.45, 2.75) is 14.0 Å². The van der Waals surface area contributed by atoms with E-state index in [2.05, 4.69) is 14.0 Å². The summed E-state index contributed by atoms with van der Waals surface area (Å²) in [6.07, 6.45) is 0. The largest absolute Gasteiger partial charge is 0.108 e. The van der Waals surface area contributed by atoms with Crippen LogP contribution in [-0.4, -0.2) is 21.4 Å². The molecule has 0 radical (unpaired) electrons. The number of nitrogens with zero attached hydrogens (tertiary/aromatic N) is 2. The molecular formula is C3H10InN3. The molecule has 0 bridgehead atoms. The predicted molar refractivity (Wildman–Crippen MR) is 32.8 cm³/mol. The molecule has 3 nitrogen and oxygen atoms in total. The van der Waals surface area contributed by atoms with Gasteiger partial charge in [-0.3, -0.25) is 0 Å². The summed E-state index contributed by atoms with van der Waals surface area (Å²) in [5.41, 5.74) is 12.2. The fourth-order valence-electron chi connectivity index (χ4n) is 0. The third kappa shape index (κ3) is 3330. The van der Waals surface area contributed by atoms with Gasteiger partial charge in [-0.1, -0.05) is 0 Å². The van der Waals surface area contributed by atoms with Gasteiger partial charge in [0.2, 0.25) is 0 Å². The molecule has 0 heterocycles. The average molecular weight is 203 g/mol. The monoisotopic (exact) mass is 203 g/mol. The molecule has 0 saturated carbocycles. The molecule has 7 heavy (non-hydrogen) atoms. The number of hydrogen-bond acceptors (Lipinski definition) is 1. The first-order valence-electron chi connectivity index (χ1n) is 2.16. The normalized spacial score (nSPS) is 5.00. The van der Waals surface area contributed by atoms with Crippen LogP contribution in [0.2, 0.25) is 14.0 Å². The third-order valence-corrected chi connectivity index (χ3v) is 0. The number of rotatable bonds is 0. The molecule has 0 aromatic carbocycles. The molecule has 4 heteroatoms. The van der Waals surface area contributed by atoms with Crippen molar-refractivity contribution in [2.75, 3.05) is 0 Å². The molecule has 0 fully saturated rings. The van der Waals surface area contributed by atoms with Crippen LogP contribution in [0.5, 0.6) is 0 Å². The van der Waals surface area contributed by atoms with E-state index < -0.39 is 21.4 Å². The van der Waals surface area contributed by atoms with Crippen LogP contribution in [0.15, 0.2) is 0 Å². The van der Waals surface area contributed by atoms with Crippen molar-refractivity contribution in [3.63, 3.8) is 0 Å². The van der Waals surface area contributed by atoms with Gasteiger partial charge in [-0.15, -0.1) is 5.53 Å². The molecule has 0 atom stereocenters. The first-order valence-corrected chi connectivity index (χ1v) is 12.0. The second-order valence-corrected chi connectivity index (χ2v) is 11.7. The number of hydrogen-bond donors (Lipinski definition) is 1. The fraction of sp³-hybridized carbons (Fsp3) is 1.00. The summed E-state index contributed by atoms with van der Waals surface area (Å²) < 4.78 is 7.13. The molecule has 0 aliphatic heterocycles. The molecule has 0 aliphatic rings. The summed E-state index contributed by atoms with van der Waals surface area (Å²) in [6.45, 7) is 0. The Hall–Kier alpha value is 0.180. The SMILES string of the molecule is [CH3][In]([CH3])[CH3].[N-]=[N+]=N. The maximum atomic E-state index is 6.86. The van der Waals surface area contributed by atoms with Crippen molar-refractivity contribution in [1.82, 2.24) is 0 Å². The van der Waals surface area contributed by atoms with Crippen molar-refractivity contribution < 1.29 is 0 Å². The van der Waals surface area contributed by atoms with Crippen molar-refractivity contribution in [2.24, 2.45) is 0 Å². The quantitative estimate of drug-likeness (QED) is 0.356. The predicted octanol–water partition coefficient (Wildman–Crippen LogP) is 2.25. The Labute approximate surface area is 51.7 Å². The van der Waals surface area contributed by atoms with E-state index in [4.69, 9.17) is 11.1 Å². The second kappa shape index (κ2) is 9.49. The van der Waals surface area contributed by atoms with Crippen LogP contribution in [0, 0.1) is 5.53 Å². The van der Waals surface area contributed by atoms with Crippen LogP contribution >= 0.6 is 0 Å².